The second-order valence-electron chi connectivity index (χ2n) is 5.29. The normalized spacial score (nSPS) is 40.3. The molecule has 1 spiro atoms. The first-order chi connectivity index (χ1) is 6.86. The van der Waals surface area contributed by atoms with Gasteiger partial charge in [-0.05, 0) is 38.0 Å². The van der Waals surface area contributed by atoms with Crippen LogP contribution >= 0.6 is 0 Å². The minimum Gasteiger partial charge on any atom is -0.375 e. The van der Waals surface area contributed by atoms with Crippen molar-refractivity contribution in [2.75, 3.05) is 13.2 Å². The van der Waals surface area contributed by atoms with Crippen LogP contribution in [0.25, 0.3) is 0 Å². The Morgan fingerprint density at radius 1 is 1.21 bits per heavy atom. The third-order valence-electron chi connectivity index (χ3n) is 4.11. The summed E-state index contributed by atoms with van der Waals surface area (Å²) in [5, 5.41) is 0. The summed E-state index contributed by atoms with van der Waals surface area (Å²) < 4.78 is 11.3. The molecule has 2 saturated heterocycles. The first-order valence-electron chi connectivity index (χ1n) is 6.12. The molecule has 0 amide bonds. The van der Waals surface area contributed by atoms with E-state index in [0.717, 1.165) is 19.1 Å². The van der Waals surface area contributed by atoms with E-state index in [-0.39, 0.29) is 0 Å². The van der Waals surface area contributed by atoms with Crippen LogP contribution in [0.1, 0.15) is 44.9 Å². The Balaban J connectivity index is 1.59. The van der Waals surface area contributed by atoms with E-state index in [9.17, 15) is 0 Å². The minimum atomic E-state index is 0.303. The summed E-state index contributed by atoms with van der Waals surface area (Å²) in [5.74, 6) is 0.884. The van der Waals surface area contributed by atoms with Gasteiger partial charge in [0, 0.05) is 6.61 Å². The summed E-state index contributed by atoms with van der Waals surface area (Å²) in [4.78, 5) is 0. The van der Waals surface area contributed by atoms with Gasteiger partial charge >= 0.3 is 0 Å². The molecule has 0 radical (unpaired) electrons. The Bertz CT molecular complexity index is 204. The summed E-state index contributed by atoms with van der Waals surface area (Å²) in [6, 6.07) is 0. The molecule has 2 aliphatic heterocycles. The highest BCUT2D eigenvalue weighted by Crippen LogP contribution is 2.43. The SMILES string of the molecule is C1CCC2(C1)CC(CC1CO1)CCO2. The fourth-order valence-corrected chi connectivity index (χ4v) is 3.27. The van der Waals surface area contributed by atoms with E-state index >= 15 is 0 Å². The van der Waals surface area contributed by atoms with Crippen molar-refractivity contribution in [1.29, 1.82) is 0 Å². The lowest BCUT2D eigenvalue weighted by Crippen LogP contribution is -2.37. The average molecular weight is 196 g/mol. The van der Waals surface area contributed by atoms with E-state index in [4.69, 9.17) is 9.47 Å². The highest BCUT2D eigenvalue weighted by molar-refractivity contribution is 4.92. The minimum absolute atomic E-state index is 0.303. The molecule has 3 rings (SSSR count). The summed E-state index contributed by atoms with van der Waals surface area (Å²) in [6.45, 7) is 2.02. The van der Waals surface area contributed by atoms with Crippen LogP contribution in [-0.2, 0) is 9.47 Å². The van der Waals surface area contributed by atoms with Crippen molar-refractivity contribution in [2.45, 2.75) is 56.7 Å². The van der Waals surface area contributed by atoms with E-state index in [1.54, 1.807) is 0 Å². The maximum atomic E-state index is 6.02. The average Bonchev–Trinajstić information content (AvgIpc) is 2.88. The van der Waals surface area contributed by atoms with Crippen LogP contribution in [0.5, 0.6) is 0 Å². The maximum absolute atomic E-state index is 6.02. The quantitative estimate of drug-likeness (QED) is 0.633. The van der Waals surface area contributed by atoms with Crippen LogP contribution in [0.3, 0.4) is 0 Å². The largest absolute Gasteiger partial charge is 0.375 e. The molecule has 3 aliphatic rings. The van der Waals surface area contributed by atoms with Gasteiger partial charge in [-0.25, -0.2) is 0 Å². The van der Waals surface area contributed by atoms with Gasteiger partial charge in [0.05, 0.1) is 18.3 Å². The van der Waals surface area contributed by atoms with E-state index in [1.165, 1.54) is 44.9 Å². The fraction of sp³-hybridized carbons (Fsp3) is 1.00. The molecule has 1 aliphatic carbocycles. The van der Waals surface area contributed by atoms with E-state index in [2.05, 4.69) is 0 Å². The number of ether oxygens (including phenoxy) is 2. The van der Waals surface area contributed by atoms with Gasteiger partial charge in [0.25, 0.3) is 0 Å². The van der Waals surface area contributed by atoms with Crippen molar-refractivity contribution in [3.63, 3.8) is 0 Å². The summed E-state index contributed by atoms with van der Waals surface area (Å²) in [7, 11) is 0. The monoisotopic (exact) mass is 196 g/mol. The Hall–Kier alpha value is -0.0800. The van der Waals surface area contributed by atoms with Crippen LogP contribution in [-0.4, -0.2) is 24.9 Å². The Labute approximate surface area is 86.0 Å². The number of rotatable bonds is 2. The molecule has 2 unspecified atom stereocenters. The van der Waals surface area contributed by atoms with E-state index in [1.807, 2.05) is 0 Å². The van der Waals surface area contributed by atoms with Gasteiger partial charge in [-0.1, -0.05) is 12.8 Å². The Kier molecular flexibility index (Phi) is 2.29. The van der Waals surface area contributed by atoms with E-state index in [0.29, 0.717) is 11.7 Å². The van der Waals surface area contributed by atoms with Crippen molar-refractivity contribution in [2.24, 2.45) is 5.92 Å². The smallest absolute Gasteiger partial charge is 0.0812 e. The van der Waals surface area contributed by atoms with Crippen LogP contribution in [0.4, 0.5) is 0 Å². The van der Waals surface area contributed by atoms with Crippen molar-refractivity contribution in [3.8, 4) is 0 Å². The zero-order valence-corrected chi connectivity index (χ0v) is 8.84. The third kappa shape index (κ3) is 1.82. The first-order valence-corrected chi connectivity index (χ1v) is 6.12. The molecule has 0 aromatic heterocycles. The molecule has 1 saturated carbocycles. The molecule has 14 heavy (non-hydrogen) atoms. The zero-order valence-electron chi connectivity index (χ0n) is 8.84. The highest BCUT2D eigenvalue weighted by Gasteiger charge is 2.41. The molecular weight excluding hydrogens is 176 g/mol. The summed E-state index contributed by atoms with van der Waals surface area (Å²) >= 11 is 0. The van der Waals surface area contributed by atoms with Crippen LogP contribution in [0, 0.1) is 5.92 Å². The van der Waals surface area contributed by atoms with Crippen molar-refractivity contribution < 1.29 is 9.47 Å². The zero-order chi connectivity index (χ0) is 9.43. The van der Waals surface area contributed by atoms with Gasteiger partial charge in [0.1, 0.15) is 0 Å². The first kappa shape index (κ1) is 9.17. The molecule has 2 nitrogen and oxygen atoms in total. The van der Waals surface area contributed by atoms with Crippen molar-refractivity contribution >= 4 is 0 Å². The van der Waals surface area contributed by atoms with Gasteiger partial charge in [-0.15, -0.1) is 0 Å². The van der Waals surface area contributed by atoms with Gasteiger partial charge in [0.15, 0.2) is 0 Å². The predicted octanol–water partition coefficient (Wildman–Crippen LogP) is 2.51. The van der Waals surface area contributed by atoms with Gasteiger partial charge < -0.3 is 9.47 Å². The lowest BCUT2D eigenvalue weighted by Gasteiger charge is -2.38. The molecule has 3 fully saturated rings. The molecule has 0 aromatic rings. The van der Waals surface area contributed by atoms with Crippen molar-refractivity contribution in [3.05, 3.63) is 0 Å². The molecule has 0 aromatic carbocycles. The van der Waals surface area contributed by atoms with Gasteiger partial charge in [-0.3, -0.25) is 0 Å². The number of hydrogen-bond donors (Lipinski definition) is 0. The lowest BCUT2D eigenvalue weighted by molar-refractivity contribution is -0.0943. The lowest BCUT2D eigenvalue weighted by atomic mass is 9.82. The third-order valence-corrected chi connectivity index (χ3v) is 4.11. The number of epoxide rings is 1. The maximum Gasteiger partial charge on any atom is 0.0812 e. The van der Waals surface area contributed by atoms with Gasteiger partial charge in [-0.2, -0.15) is 0 Å². The topological polar surface area (TPSA) is 21.8 Å². The predicted molar refractivity (Wildman–Crippen MR) is 54.2 cm³/mol. The standard InChI is InChI=1S/C12H20O2/c1-2-5-12(4-1)8-10(3-6-14-12)7-11-9-13-11/h10-11H,1-9H2. The highest BCUT2D eigenvalue weighted by atomic mass is 16.6. The molecule has 2 heteroatoms. The summed E-state index contributed by atoms with van der Waals surface area (Å²) in [6.07, 6.45) is 9.87. The molecule has 2 atom stereocenters. The second-order valence-corrected chi connectivity index (χ2v) is 5.29. The van der Waals surface area contributed by atoms with Crippen LogP contribution < -0.4 is 0 Å². The Morgan fingerprint density at radius 2 is 2.00 bits per heavy atom. The number of hydrogen-bond acceptors (Lipinski definition) is 2. The molecular formula is C12H20O2. The van der Waals surface area contributed by atoms with Crippen LogP contribution in [0.15, 0.2) is 0 Å². The van der Waals surface area contributed by atoms with Crippen LogP contribution in [0.2, 0.25) is 0 Å². The molecule has 0 N–H and O–H groups in total. The Morgan fingerprint density at radius 3 is 2.71 bits per heavy atom. The van der Waals surface area contributed by atoms with Gasteiger partial charge in [0.2, 0.25) is 0 Å². The fourth-order valence-electron chi connectivity index (χ4n) is 3.27. The molecule has 0 bridgehead atoms. The van der Waals surface area contributed by atoms with E-state index < -0.39 is 0 Å². The van der Waals surface area contributed by atoms with Crippen molar-refractivity contribution in [1.82, 2.24) is 0 Å². The second kappa shape index (κ2) is 3.49. The molecule has 2 heterocycles. The summed E-state index contributed by atoms with van der Waals surface area (Å²) in [5.41, 5.74) is 0.303. The molecule has 80 valence electrons.